The monoisotopic (exact) mass is 118 g/mol. The van der Waals surface area contributed by atoms with Crippen LogP contribution in [0.2, 0.25) is 0 Å². The third-order valence-corrected chi connectivity index (χ3v) is 1.00. The van der Waals surface area contributed by atoms with Crippen molar-refractivity contribution >= 4 is 0 Å². The smallest absolute Gasteiger partial charge is 0.271 e. The lowest BCUT2D eigenvalue weighted by Crippen LogP contribution is -2.10. The molecule has 1 rings (SSSR count). The van der Waals surface area contributed by atoms with Crippen molar-refractivity contribution in [3.05, 3.63) is 0 Å². The number of rotatable bonds is 1. The Labute approximate surface area is 48.5 Å². The van der Waals surface area contributed by atoms with Crippen LogP contribution in [0.1, 0.15) is 6.92 Å². The first-order valence-corrected chi connectivity index (χ1v) is 2.63. The van der Waals surface area contributed by atoms with E-state index in [1.165, 1.54) is 0 Å². The second-order valence-corrected chi connectivity index (χ2v) is 1.80. The predicted molar refractivity (Wildman–Crippen MR) is 27.3 cm³/mol. The van der Waals surface area contributed by atoms with E-state index in [-0.39, 0.29) is 6.10 Å². The van der Waals surface area contributed by atoms with E-state index in [4.69, 9.17) is 14.2 Å². The SMILES string of the molecule is COC1OCC(C)O1. The van der Waals surface area contributed by atoms with Crippen LogP contribution in [0.3, 0.4) is 0 Å². The van der Waals surface area contributed by atoms with Crippen LogP contribution in [0, 0.1) is 0 Å². The largest absolute Gasteiger partial charge is 0.333 e. The molecule has 0 radical (unpaired) electrons. The Bertz CT molecular complexity index is 74.1. The molecule has 1 fully saturated rings. The molecule has 2 atom stereocenters. The number of ether oxygens (including phenoxy) is 3. The predicted octanol–water partition coefficient (Wildman–Crippen LogP) is 0.352. The zero-order valence-electron chi connectivity index (χ0n) is 5.09. The molecule has 0 aromatic heterocycles. The van der Waals surface area contributed by atoms with Crippen molar-refractivity contribution in [1.82, 2.24) is 0 Å². The molecule has 0 amide bonds. The Hall–Kier alpha value is -0.120. The van der Waals surface area contributed by atoms with Crippen molar-refractivity contribution in [2.45, 2.75) is 19.5 Å². The number of methoxy groups -OCH3 is 1. The van der Waals surface area contributed by atoms with E-state index in [9.17, 15) is 0 Å². The van der Waals surface area contributed by atoms with Crippen molar-refractivity contribution < 1.29 is 14.2 Å². The normalized spacial score (nSPS) is 38.2. The van der Waals surface area contributed by atoms with Gasteiger partial charge in [0, 0.05) is 7.11 Å². The molecule has 8 heavy (non-hydrogen) atoms. The summed E-state index contributed by atoms with van der Waals surface area (Å²) in [7, 11) is 1.56. The minimum Gasteiger partial charge on any atom is -0.333 e. The summed E-state index contributed by atoms with van der Waals surface area (Å²) >= 11 is 0. The lowest BCUT2D eigenvalue weighted by Gasteiger charge is -2.04. The fraction of sp³-hybridized carbons (Fsp3) is 1.00. The van der Waals surface area contributed by atoms with Crippen LogP contribution in [0.25, 0.3) is 0 Å². The summed E-state index contributed by atoms with van der Waals surface area (Å²) in [4.78, 5) is 0. The molecule has 0 bridgehead atoms. The third kappa shape index (κ3) is 1.18. The van der Waals surface area contributed by atoms with Gasteiger partial charge in [0.05, 0.1) is 12.7 Å². The molecule has 3 heteroatoms. The summed E-state index contributed by atoms with van der Waals surface area (Å²) in [5.41, 5.74) is 0. The summed E-state index contributed by atoms with van der Waals surface area (Å²) in [5.74, 6) is 0. The standard InChI is InChI=1S/C5H10O3/c1-4-3-7-5(6-2)8-4/h4-5H,3H2,1-2H3. The van der Waals surface area contributed by atoms with Gasteiger partial charge >= 0.3 is 0 Å². The summed E-state index contributed by atoms with van der Waals surface area (Å²) in [5, 5.41) is 0. The molecular weight excluding hydrogens is 108 g/mol. The highest BCUT2D eigenvalue weighted by atomic mass is 16.9. The molecule has 0 aromatic carbocycles. The first-order valence-electron chi connectivity index (χ1n) is 2.63. The topological polar surface area (TPSA) is 27.7 Å². The first kappa shape index (κ1) is 6.01. The van der Waals surface area contributed by atoms with Crippen LogP contribution in [0.4, 0.5) is 0 Å². The second-order valence-electron chi connectivity index (χ2n) is 1.80. The van der Waals surface area contributed by atoms with E-state index in [0.29, 0.717) is 6.61 Å². The molecule has 1 saturated heterocycles. The molecule has 0 spiro atoms. The summed E-state index contributed by atoms with van der Waals surface area (Å²) in [6, 6.07) is 0. The van der Waals surface area contributed by atoms with Crippen molar-refractivity contribution in [3.8, 4) is 0 Å². The van der Waals surface area contributed by atoms with Gasteiger partial charge in [-0.2, -0.15) is 0 Å². The molecule has 0 aliphatic carbocycles. The summed E-state index contributed by atoms with van der Waals surface area (Å²) in [6.07, 6.45) is 0.181. The molecule has 0 saturated carbocycles. The minimum absolute atomic E-state index is 0.181. The van der Waals surface area contributed by atoms with E-state index in [1.54, 1.807) is 7.11 Å². The maximum atomic E-state index is 5.07. The Morgan fingerprint density at radius 3 is 2.62 bits per heavy atom. The summed E-state index contributed by atoms with van der Waals surface area (Å²) in [6.45, 7) is 2.15. The molecule has 3 nitrogen and oxygen atoms in total. The second kappa shape index (κ2) is 2.44. The maximum absolute atomic E-state index is 5.07. The Morgan fingerprint density at radius 2 is 2.38 bits per heavy atom. The van der Waals surface area contributed by atoms with Crippen molar-refractivity contribution in [1.29, 1.82) is 0 Å². The van der Waals surface area contributed by atoms with E-state index >= 15 is 0 Å². The van der Waals surface area contributed by atoms with Gasteiger partial charge in [0.25, 0.3) is 6.48 Å². The van der Waals surface area contributed by atoms with E-state index in [0.717, 1.165) is 0 Å². The first-order chi connectivity index (χ1) is 3.83. The maximum Gasteiger partial charge on any atom is 0.271 e. The van der Waals surface area contributed by atoms with Crippen molar-refractivity contribution in [3.63, 3.8) is 0 Å². The van der Waals surface area contributed by atoms with Gasteiger partial charge in [0.2, 0.25) is 0 Å². The highest BCUT2D eigenvalue weighted by Gasteiger charge is 2.20. The van der Waals surface area contributed by atoms with Crippen LogP contribution in [0.15, 0.2) is 0 Å². The van der Waals surface area contributed by atoms with Gasteiger partial charge in [-0.1, -0.05) is 0 Å². The van der Waals surface area contributed by atoms with Crippen LogP contribution in [-0.2, 0) is 14.2 Å². The van der Waals surface area contributed by atoms with Gasteiger partial charge < -0.3 is 14.2 Å². The Morgan fingerprint density at radius 1 is 1.62 bits per heavy atom. The Kier molecular flexibility index (Phi) is 1.83. The summed E-state index contributed by atoms with van der Waals surface area (Å²) < 4.78 is 14.8. The van der Waals surface area contributed by atoms with Crippen molar-refractivity contribution in [2.75, 3.05) is 13.7 Å². The van der Waals surface area contributed by atoms with E-state index in [1.807, 2.05) is 6.92 Å². The van der Waals surface area contributed by atoms with E-state index in [2.05, 4.69) is 0 Å². The molecule has 2 unspecified atom stereocenters. The quantitative estimate of drug-likeness (QED) is 0.497. The average Bonchev–Trinajstić information content (AvgIpc) is 2.14. The van der Waals surface area contributed by atoms with Crippen LogP contribution in [0.5, 0.6) is 0 Å². The average molecular weight is 118 g/mol. The van der Waals surface area contributed by atoms with Crippen LogP contribution in [-0.4, -0.2) is 26.3 Å². The van der Waals surface area contributed by atoms with Crippen LogP contribution < -0.4 is 0 Å². The number of hydrogen-bond donors (Lipinski definition) is 0. The minimum atomic E-state index is -0.426. The fourth-order valence-electron chi connectivity index (χ4n) is 0.606. The molecular formula is C5H10O3. The highest BCUT2D eigenvalue weighted by molar-refractivity contribution is 4.51. The zero-order chi connectivity index (χ0) is 5.98. The third-order valence-electron chi connectivity index (χ3n) is 1.00. The lowest BCUT2D eigenvalue weighted by molar-refractivity contribution is -0.221. The fourth-order valence-corrected chi connectivity index (χ4v) is 0.606. The Balaban J connectivity index is 2.22. The van der Waals surface area contributed by atoms with E-state index < -0.39 is 6.48 Å². The lowest BCUT2D eigenvalue weighted by atomic mass is 10.5. The highest BCUT2D eigenvalue weighted by Crippen LogP contribution is 2.09. The van der Waals surface area contributed by atoms with Gasteiger partial charge in [-0.05, 0) is 6.92 Å². The zero-order valence-corrected chi connectivity index (χ0v) is 5.09. The van der Waals surface area contributed by atoms with Gasteiger partial charge in [0.1, 0.15) is 0 Å². The van der Waals surface area contributed by atoms with Crippen LogP contribution >= 0.6 is 0 Å². The van der Waals surface area contributed by atoms with Gasteiger partial charge in [-0.3, -0.25) is 0 Å². The van der Waals surface area contributed by atoms with Gasteiger partial charge in [0.15, 0.2) is 0 Å². The molecule has 0 aromatic rings. The molecule has 1 heterocycles. The van der Waals surface area contributed by atoms with Crippen molar-refractivity contribution in [2.24, 2.45) is 0 Å². The van der Waals surface area contributed by atoms with Gasteiger partial charge in [-0.25, -0.2) is 0 Å². The molecule has 0 N–H and O–H groups in total. The molecule has 1 aliphatic heterocycles. The van der Waals surface area contributed by atoms with Gasteiger partial charge in [-0.15, -0.1) is 0 Å². The number of hydrogen-bond acceptors (Lipinski definition) is 3. The molecule has 48 valence electrons. The molecule has 1 aliphatic rings.